The van der Waals surface area contributed by atoms with E-state index in [4.69, 9.17) is 5.73 Å². The first-order valence-corrected chi connectivity index (χ1v) is 5.51. The first-order valence-electron chi connectivity index (χ1n) is 5.51. The Hall–Kier alpha value is -1.13. The number of hydrogen-bond donors (Lipinski definition) is 1. The minimum atomic E-state index is 0. The van der Waals surface area contributed by atoms with E-state index in [1.54, 1.807) is 0 Å². The fourth-order valence-electron chi connectivity index (χ4n) is 2.58. The zero-order chi connectivity index (χ0) is 10.3. The maximum Gasteiger partial charge on any atom is 0.265 e. The molecule has 16 heavy (non-hydrogen) atoms. The molecule has 5 heteroatoms. The van der Waals surface area contributed by atoms with Crippen LogP contribution in [0.1, 0.15) is 24.8 Å². The summed E-state index contributed by atoms with van der Waals surface area (Å²) in [6, 6.07) is 3.94. The first-order chi connectivity index (χ1) is 7.32. The Morgan fingerprint density at radius 2 is 1.94 bits per heavy atom. The lowest BCUT2D eigenvalue weighted by Crippen LogP contribution is -3.00. The van der Waals surface area contributed by atoms with Gasteiger partial charge in [0.1, 0.15) is 18.7 Å². The third kappa shape index (κ3) is 1.49. The average molecular weight is 239 g/mol. The quantitative estimate of drug-likeness (QED) is 0.543. The number of amidine groups is 1. The number of nitrogens with zero attached hydrogens (tertiary/aromatic N) is 3. The van der Waals surface area contributed by atoms with Gasteiger partial charge in [-0.3, -0.25) is 0 Å². The molecule has 2 aliphatic rings. The van der Waals surface area contributed by atoms with Gasteiger partial charge in [0.05, 0.1) is 0 Å². The molecule has 0 atom stereocenters. The number of halogens is 1. The van der Waals surface area contributed by atoms with Crippen molar-refractivity contribution in [3.63, 3.8) is 0 Å². The number of piperidine rings is 1. The molecule has 0 saturated carbocycles. The van der Waals surface area contributed by atoms with E-state index in [2.05, 4.69) is 10.1 Å². The van der Waals surface area contributed by atoms with Crippen molar-refractivity contribution >= 4 is 11.7 Å². The summed E-state index contributed by atoms with van der Waals surface area (Å²) >= 11 is 0. The summed E-state index contributed by atoms with van der Waals surface area (Å²) in [5.74, 6) is 1.70. The summed E-state index contributed by atoms with van der Waals surface area (Å²) in [6.07, 6.45) is 5.57. The van der Waals surface area contributed by atoms with Gasteiger partial charge in [-0.25, -0.2) is 4.98 Å². The van der Waals surface area contributed by atoms with E-state index in [0.717, 1.165) is 24.5 Å². The first kappa shape index (κ1) is 11.4. The monoisotopic (exact) mass is 238 g/mol. The van der Waals surface area contributed by atoms with Crippen LogP contribution in [-0.2, 0) is 0 Å². The predicted molar refractivity (Wildman–Crippen MR) is 60.3 cm³/mol. The van der Waals surface area contributed by atoms with Gasteiger partial charge in [0.15, 0.2) is 5.84 Å². The molecule has 3 rings (SSSR count). The highest BCUT2D eigenvalue weighted by atomic mass is 35.5. The smallest absolute Gasteiger partial charge is 0.265 e. The molecular weight excluding hydrogens is 224 g/mol. The maximum atomic E-state index is 5.95. The Kier molecular flexibility index (Phi) is 2.86. The van der Waals surface area contributed by atoms with Gasteiger partial charge in [-0.2, -0.15) is 0 Å². The molecule has 0 unspecified atom stereocenters. The van der Waals surface area contributed by atoms with Gasteiger partial charge in [0, 0.05) is 6.20 Å². The summed E-state index contributed by atoms with van der Waals surface area (Å²) in [5.41, 5.74) is 6.97. The van der Waals surface area contributed by atoms with E-state index in [-0.39, 0.29) is 12.4 Å². The number of rotatable bonds is 0. The van der Waals surface area contributed by atoms with Crippen LogP contribution in [0.4, 0.5) is 5.82 Å². The number of aromatic nitrogens is 1. The number of nitrogens with two attached hydrogens (primary N) is 1. The molecule has 1 fully saturated rings. The minimum absolute atomic E-state index is 0. The standard InChI is InChI=1S/C11H15N4.ClH/c12-10-9-5-4-6-13-11(9)15(14-10)7-2-1-3-8-15;/h4-6H,1-3,7-8H2,(H2,12,14);1H/q+1;/p-1. The molecule has 0 aromatic carbocycles. The minimum Gasteiger partial charge on any atom is -1.00 e. The van der Waals surface area contributed by atoms with E-state index in [1.165, 1.54) is 19.3 Å². The van der Waals surface area contributed by atoms with Crippen molar-refractivity contribution in [1.82, 2.24) is 9.58 Å². The van der Waals surface area contributed by atoms with Crippen LogP contribution in [0.15, 0.2) is 23.4 Å². The van der Waals surface area contributed by atoms with E-state index < -0.39 is 0 Å². The summed E-state index contributed by atoms with van der Waals surface area (Å²) in [4.78, 5) is 4.46. The Morgan fingerprint density at radius 1 is 1.19 bits per heavy atom. The van der Waals surface area contributed by atoms with Crippen LogP contribution in [0.3, 0.4) is 0 Å². The van der Waals surface area contributed by atoms with Crippen LogP contribution in [0.25, 0.3) is 0 Å². The summed E-state index contributed by atoms with van der Waals surface area (Å²) < 4.78 is 0.641. The third-order valence-electron chi connectivity index (χ3n) is 3.31. The highest BCUT2D eigenvalue weighted by Crippen LogP contribution is 2.34. The van der Waals surface area contributed by atoms with Crippen molar-refractivity contribution in [2.75, 3.05) is 13.1 Å². The van der Waals surface area contributed by atoms with E-state index in [9.17, 15) is 0 Å². The van der Waals surface area contributed by atoms with Gasteiger partial charge >= 0.3 is 0 Å². The molecule has 0 aliphatic carbocycles. The molecule has 2 aliphatic heterocycles. The highest BCUT2D eigenvalue weighted by molar-refractivity contribution is 6.04. The van der Waals surface area contributed by atoms with Crippen molar-refractivity contribution in [1.29, 1.82) is 0 Å². The fourth-order valence-corrected chi connectivity index (χ4v) is 2.58. The number of quaternary nitrogens is 1. The van der Waals surface area contributed by atoms with Gasteiger partial charge in [-0.15, -0.1) is 4.59 Å². The molecule has 0 radical (unpaired) electrons. The second-order valence-electron chi connectivity index (χ2n) is 4.29. The van der Waals surface area contributed by atoms with E-state index in [1.807, 2.05) is 18.3 Å². The van der Waals surface area contributed by atoms with Crippen molar-refractivity contribution in [2.24, 2.45) is 10.8 Å². The van der Waals surface area contributed by atoms with E-state index in [0.29, 0.717) is 10.4 Å². The van der Waals surface area contributed by atoms with Crippen LogP contribution in [-0.4, -0.2) is 23.9 Å². The Morgan fingerprint density at radius 3 is 2.69 bits per heavy atom. The molecule has 0 bridgehead atoms. The van der Waals surface area contributed by atoms with Gasteiger partial charge in [-0.05, 0) is 31.4 Å². The number of hydrogen-bond acceptors (Lipinski definition) is 3. The second-order valence-corrected chi connectivity index (χ2v) is 4.29. The van der Waals surface area contributed by atoms with Crippen molar-refractivity contribution in [3.8, 4) is 0 Å². The van der Waals surface area contributed by atoms with Crippen LogP contribution in [0.2, 0.25) is 0 Å². The van der Waals surface area contributed by atoms with Gasteiger partial charge in [0.25, 0.3) is 5.82 Å². The van der Waals surface area contributed by atoms with Crippen LogP contribution in [0, 0.1) is 0 Å². The maximum absolute atomic E-state index is 5.95. The van der Waals surface area contributed by atoms with Gasteiger partial charge in [0.2, 0.25) is 0 Å². The van der Waals surface area contributed by atoms with Crippen LogP contribution >= 0.6 is 0 Å². The fraction of sp³-hybridized carbons (Fsp3) is 0.455. The summed E-state index contributed by atoms with van der Waals surface area (Å²) in [7, 11) is 0. The van der Waals surface area contributed by atoms with Crippen LogP contribution < -0.4 is 22.7 Å². The molecule has 86 valence electrons. The molecular formula is C11H15ClN4. The average Bonchev–Trinajstić information content (AvgIpc) is 2.55. The Labute approximate surface area is 101 Å². The Balaban J connectivity index is 0.000000963. The third-order valence-corrected chi connectivity index (χ3v) is 3.31. The lowest BCUT2D eigenvalue weighted by Gasteiger charge is -2.30. The van der Waals surface area contributed by atoms with E-state index >= 15 is 0 Å². The van der Waals surface area contributed by atoms with Crippen molar-refractivity contribution in [3.05, 3.63) is 23.9 Å². The highest BCUT2D eigenvalue weighted by Gasteiger charge is 2.42. The largest absolute Gasteiger partial charge is 1.00 e. The van der Waals surface area contributed by atoms with Crippen molar-refractivity contribution < 1.29 is 12.4 Å². The number of fused-ring (bicyclic) bond motifs is 2. The molecule has 2 N–H and O–H groups in total. The second kappa shape index (κ2) is 4.03. The summed E-state index contributed by atoms with van der Waals surface area (Å²) in [6.45, 7) is 2.09. The molecule has 0 amide bonds. The molecule has 4 nitrogen and oxygen atoms in total. The molecule has 1 saturated heterocycles. The van der Waals surface area contributed by atoms with Gasteiger partial charge < -0.3 is 18.1 Å². The zero-order valence-electron chi connectivity index (χ0n) is 9.06. The SMILES string of the molecule is NC1=N[N+]2(CCCCC2)c2ncccc21.[Cl-]. The lowest BCUT2D eigenvalue weighted by atomic mass is 10.1. The normalized spacial score (nSPS) is 21.1. The van der Waals surface area contributed by atoms with Crippen LogP contribution in [0.5, 0.6) is 0 Å². The lowest BCUT2D eigenvalue weighted by molar-refractivity contribution is -0.00000335. The zero-order valence-corrected chi connectivity index (χ0v) is 9.82. The summed E-state index contributed by atoms with van der Waals surface area (Å²) in [5, 5.41) is 4.62. The molecule has 1 spiro atoms. The Bertz CT molecular complexity index is 424. The molecule has 1 aromatic rings. The predicted octanol–water partition coefficient (Wildman–Crippen LogP) is -1.79. The van der Waals surface area contributed by atoms with Gasteiger partial charge in [-0.1, -0.05) is 5.10 Å². The molecule has 1 aromatic heterocycles. The number of pyridine rings is 1. The topological polar surface area (TPSA) is 51.3 Å². The van der Waals surface area contributed by atoms with Crippen molar-refractivity contribution in [2.45, 2.75) is 19.3 Å². The molecule has 3 heterocycles.